The zero-order valence-electron chi connectivity index (χ0n) is 8.98. The van der Waals surface area contributed by atoms with Gasteiger partial charge in [0, 0.05) is 9.64 Å². The lowest BCUT2D eigenvalue weighted by Crippen LogP contribution is -2.00. The molecule has 2 nitrogen and oxygen atoms in total. The molecule has 2 aromatic carbocycles. The van der Waals surface area contributed by atoms with Gasteiger partial charge in [-0.15, -0.1) is 0 Å². The molecular formula is C12H8ClF2IN2. The van der Waals surface area contributed by atoms with Gasteiger partial charge in [0.15, 0.2) is 5.82 Å². The highest BCUT2D eigenvalue weighted by atomic mass is 127. The highest BCUT2D eigenvalue weighted by Gasteiger charge is 2.10. The number of hydrogen-bond acceptors (Lipinski definition) is 2. The zero-order chi connectivity index (χ0) is 13.3. The molecule has 0 amide bonds. The van der Waals surface area contributed by atoms with Gasteiger partial charge in [-0.2, -0.15) is 0 Å². The van der Waals surface area contributed by atoms with E-state index in [-0.39, 0.29) is 11.4 Å². The Hall–Kier alpha value is -1.08. The summed E-state index contributed by atoms with van der Waals surface area (Å²) in [6, 6.07) is 7.12. The minimum absolute atomic E-state index is 0.147. The van der Waals surface area contributed by atoms with Crippen molar-refractivity contribution in [2.45, 2.75) is 0 Å². The SMILES string of the molecule is Nc1c(F)cc(F)cc1Nc1cc(I)ccc1Cl. The van der Waals surface area contributed by atoms with E-state index in [1.807, 2.05) is 6.07 Å². The predicted octanol–water partition coefficient (Wildman–Crippen LogP) is 4.55. The van der Waals surface area contributed by atoms with Crippen LogP contribution in [0, 0.1) is 15.2 Å². The molecule has 6 heteroatoms. The Kier molecular flexibility index (Phi) is 3.91. The van der Waals surface area contributed by atoms with Gasteiger partial charge in [-0.05, 0) is 46.9 Å². The number of nitrogen functional groups attached to an aromatic ring is 1. The molecule has 2 aromatic rings. The minimum Gasteiger partial charge on any atom is -0.395 e. The fraction of sp³-hybridized carbons (Fsp3) is 0. The topological polar surface area (TPSA) is 38.0 Å². The van der Waals surface area contributed by atoms with Gasteiger partial charge in [0.1, 0.15) is 5.82 Å². The first-order chi connectivity index (χ1) is 8.47. The first kappa shape index (κ1) is 13.4. The van der Waals surface area contributed by atoms with E-state index in [9.17, 15) is 8.78 Å². The number of benzene rings is 2. The highest BCUT2D eigenvalue weighted by Crippen LogP contribution is 2.31. The van der Waals surface area contributed by atoms with Gasteiger partial charge < -0.3 is 11.1 Å². The van der Waals surface area contributed by atoms with E-state index < -0.39 is 11.6 Å². The molecule has 0 aliphatic rings. The van der Waals surface area contributed by atoms with E-state index in [1.54, 1.807) is 12.1 Å². The van der Waals surface area contributed by atoms with Crippen molar-refractivity contribution in [3.8, 4) is 0 Å². The number of nitrogens with two attached hydrogens (primary N) is 1. The number of hydrogen-bond donors (Lipinski definition) is 2. The van der Waals surface area contributed by atoms with E-state index in [1.165, 1.54) is 0 Å². The Balaban J connectivity index is 2.43. The summed E-state index contributed by atoms with van der Waals surface area (Å²) >= 11 is 8.09. The molecule has 0 fully saturated rings. The van der Waals surface area contributed by atoms with Crippen LogP contribution in [0.3, 0.4) is 0 Å². The van der Waals surface area contributed by atoms with Gasteiger partial charge in [0.25, 0.3) is 0 Å². The molecule has 0 saturated carbocycles. The van der Waals surface area contributed by atoms with Crippen molar-refractivity contribution in [1.82, 2.24) is 0 Å². The lowest BCUT2D eigenvalue weighted by atomic mass is 10.2. The van der Waals surface area contributed by atoms with E-state index in [2.05, 4.69) is 27.9 Å². The van der Waals surface area contributed by atoms with Crippen molar-refractivity contribution in [3.05, 3.63) is 50.6 Å². The smallest absolute Gasteiger partial charge is 0.151 e. The van der Waals surface area contributed by atoms with Gasteiger partial charge in [0.05, 0.1) is 22.1 Å². The molecule has 0 atom stereocenters. The second kappa shape index (κ2) is 5.27. The van der Waals surface area contributed by atoms with Crippen LogP contribution < -0.4 is 11.1 Å². The third-order valence-electron chi connectivity index (χ3n) is 2.29. The van der Waals surface area contributed by atoms with E-state index in [0.717, 1.165) is 15.7 Å². The average molecular weight is 381 g/mol. The fourth-order valence-electron chi connectivity index (χ4n) is 1.43. The van der Waals surface area contributed by atoms with Crippen LogP contribution in [0.25, 0.3) is 0 Å². The number of halogens is 4. The standard InChI is InChI=1S/C12H8ClF2IN2/c13-8-2-1-7(16)5-10(8)18-11-4-6(14)3-9(15)12(11)17/h1-5,18H,17H2. The number of rotatable bonds is 2. The maximum atomic E-state index is 13.3. The quantitative estimate of drug-likeness (QED) is 0.593. The predicted molar refractivity (Wildman–Crippen MR) is 78.2 cm³/mol. The van der Waals surface area contributed by atoms with Crippen LogP contribution in [0.5, 0.6) is 0 Å². The van der Waals surface area contributed by atoms with Crippen molar-refractivity contribution in [2.24, 2.45) is 0 Å². The maximum absolute atomic E-state index is 13.3. The third kappa shape index (κ3) is 2.84. The first-order valence-corrected chi connectivity index (χ1v) is 6.39. The Labute approximate surface area is 121 Å². The minimum atomic E-state index is -0.806. The molecule has 3 N–H and O–H groups in total. The van der Waals surface area contributed by atoms with Gasteiger partial charge in [-0.3, -0.25) is 0 Å². The summed E-state index contributed by atoms with van der Waals surface area (Å²) in [6.07, 6.45) is 0. The van der Waals surface area contributed by atoms with E-state index in [0.29, 0.717) is 10.7 Å². The summed E-state index contributed by atoms with van der Waals surface area (Å²) in [5, 5.41) is 3.27. The van der Waals surface area contributed by atoms with Gasteiger partial charge in [-0.1, -0.05) is 11.6 Å². The molecule has 94 valence electrons. The second-order valence-corrected chi connectivity index (χ2v) is 5.25. The first-order valence-electron chi connectivity index (χ1n) is 4.94. The average Bonchev–Trinajstić information content (AvgIpc) is 2.30. The van der Waals surface area contributed by atoms with Crippen LogP contribution in [0.15, 0.2) is 30.3 Å². The fourth-order valence-corrected chi connectivity index (χ4v) is 2.08. The second-order valence-electron chi connectivity index (χ2n) is 3.60. The summed E-state index contributed by atoms with van der Waals surface area (Å²) in [4.78, 5) is 0. The lowest BCUT2D eigenvalue weighted by molar-refractivity contribution is 0.587. The monoisotopic (exact) mass is 380 g/mol. The number of anilines is 3. The van der Waals surface area contributed by atoms with Crippen LogP contribution in [-0.4, -0.2) is 0 Å². The van der Waals surface area contributed by atoms with Crippen molar-refractivity contribution in [3.63, 3.8) is 0 Å². The Morgan fingerprint density at radius 1 is 1.11 bits per heavy atom. The lowest BCUT2D eigenvalue weighted by Gasteiger charge is -2.12. The van der Waals surface area contributed by atoms with Crippen molar-refractivity contribution in [1.29, 1.82) is 0 Å². The van der Waals surface area contributed by atoms with Gasteiger partial charge >= 0.3 is 0 Å². The van der Waals surface area contributed by atoms with Crippen molar-refractivity contribution < 1.29 is 8.78 Å². The molecule has 0 radical (unpaired) electrons. The van der Waals surface area contributed by atoms with E-state index in [4.69, 9.17) is 17.3 Å². The highest BCUT2D eigenvalue weighted by molar-refractivity contribution is 14.1. The summed E-state index contributed by atoms with van der Waals surface area (Å²) in [5.41, 5.74) is 6.08. The van der Waals surface area contributed by atoms with Crippen molar-refractivity contribution >= 4 is 51.3 Å². The Bertz CT molecular complexity index is 605. The molecule has 0 aliphatic heterocycles. The van der Waals surface area contributed by atoms with Crippen LogP contribution in [0.1, 0.15) is 0 Å². The Morgan fingerprint density at radius 3 is 2.56 bits per heavy atom. The third-order valence-corrected chi connectivity index (χ3v) is 3.29. The van der Waals surface area contributed by atoms with Gasteiger partial charge in [0.2, 0.25) is 0 Å². The van der Waals surface area contributed by atoms with Crippen LogP contribution in [-0.2, 0) is 0 Å². The molecule has 18 heavy (non-hydrogen) atoms. The van der Waals surface area contributed by atoms with Gasteiger partial charge in [-0.25, -0.2) is 8.78 Å². The molecule has 0 saturated heterocycles. The number of nitrogens with one attached hydrogen (secondary N) is 1. The molecule has 0 spiro atoms. The summed E-state index contributed by atoms with van der Waals surface area (Å²) in [6.45, 7) is 0. The van der Waals surface area contributed by atoms with E-state index >= 15 is 0 Å². The van der Waals surface area contributed by atoms with Crippen LogP contribution >= 0.6 is 34.2 Å². The van der Waals surface area contributed by atoms with Crippen molar-refractivity contribution in [2.75, 3.05) is 11.1 Å². The zero-order valence-corrected chi connectivity index (χ0v) is 11.9. The molecule has 0 bridgehead atoms. The molecule has 2 rings (SSSR count). The van der Waals surface area contributed by atoms with Crippen LogP contribution in [0.2, 0.25) is 5.02 Å². The van der Waals surface area contributed by atoms with Crippen LogP contribution in [0.4, 0.5) is 25.8 Å². The Morgan fingerprint density at radius 2 is 1.83 bits per heavy atom. The maximum Gasteiger partial charge on any atom is 0.151 e. The largest absolute Gasteiger partial charge is 0.395 e. The molecule has 0 aromatic heterocycles. The molecule has 0 unspecified atom stereocenters. The summed E-state index contributed by atoms with van der Waals surface area (Å²) < 4.78 is 27.3. The normalized spacial score (nSPS) is 10.4. The molecule has 0 heterocycles. The summed E-state index contributed by atoms with van der Waals surface area (Å²) in [7, 11) is 0. The molecular weight excluding hydrogens is 372 g/mol. The summed E-state index contributed by atoms with van der Waals surface area (Å²) in [5.74, 6) is -1.51. The molecule has 0 aliphatic carbocycles.